The molecule has 0 unspecified atom stereocenters. The van der Waals surface area contributed by atoms with Crippen molar-refractivity contribution < 1.29 is 8.85 Å². The molecule has 0 spiro atoms. The van der Waals surface area contributed by atoms with Crippen LogP contribution in [0.15, 0.2) is 0 Å². The Bertz CT molecular complexity index is 465. The van der Waals surface area contributed by atoms with Crippen molar-refractivity contribution in [1.29, 1.82) is 0 Å². The van der Waals surface area contributed by atoms with Gasteiger partial charge < -0.3 is 8.85 Å². The molecule has 5 heteroatoms. The zero-order valence-electron chi connectivity index (χ0n) is 18.5. The molecule has 0 aromatic rings. The smallest absolute Gasteiger partial charge is 0.192 e. The van der Waals surface area contributed by atoms with Crippen LogP contribution in [0.2, 0.25) is 36.3 Å². The van der Waals surface area contributed by atoms with Crippen molar-refractivity contribution in [2.24, 2.45) is 5.92 Å². The first-order chi connectivity index (χ1) is 11.2. The van der Waals surface area contributed by atoms with Crippen LogP contribution in [0.5, 0.6) is 0 Å². The van der Waals surface area contributed by atoms with Gasteiger partial charge in [-0.05, 0) is 55.7 Å². The Hall–Kier alpha value is 0.314. The van der Waals surface area contributed by atoms with Crippen LogP contribution in [0, 0.1) is 5.92 Å². The summed E-state index contributed by atoms with van der Waals surface area (Å²) >= 11 is 0. The van der Waals surface area contributed by atoms with E-state index in [1.807, 2.05) is 0 Å². The summed E-state index contributed by atoms with van der Waals surface area (Å²) in [6.45, 7) is 26.9. The second kappa shape index (κ2) is 7.04. The minimum Gasteiger partial charge on any atom is -0.416 e. The monoisotopic (exact) mass is 385 g/mol. The maximum atomic E-state index is 6.86. The van der Waals surface area contributed by atoms with Gasteiger partial charge in [0.2, 0.25) is 0 Å². The molecule has 2 rings (SSSR count). The Balaban J connectivity index is 2.03. The molecule has 2 aliphatic rings. The number of fused-ring (bicyclic) bond motifs is 1. The van der Waals surface area contributed by atoms with Crippen molar-refractivity contribution in [3.63, 3.8) is 0 Å². The minimum absolute atomic E-state index is 0.284. The van der Waals surface area contributed by atoms with Crippen LogP contribution in [-0.2, 0) is 8.85 Å². The van der Waals surface area contributed by atoms with E-state index < -0.39 is 16.6 Å². The SMILES string of the molecule is CC(C)(C)[Si](C)(C)OC[C@@H]1CCN2CC[C@H](O[Si](C)(C)C(C)(C)C)[C@@H]12. The van der Waals surface area contributed by atoms with Crippen LogP contribution in [0.4, 0.5) is 0 Å². The fourth-order valence-electron chi connectivity index (χ4n) is 3.61. The van der Waals surface area contributed by atoms with Gasteiger partial charge in [0.1, 0.15) is 0 Å². The highest BCUT2D eigenvalue weighted by Crippen LogP contribution is 2.43. The highest BCUT2D eigenvalue weighted by atomic mass is 28.4. The molecule has 0 amide bonds. The van der Waals surface area contributed by atoms with Crippen molar-refractivity contribution in [1.82, 2.24) is 4.90 Å². The Morgan fingerprint density at radius 3 is 1.88 bits per heavy atom. The molecule has 0 aliphatic carbocycles. The van der Waals surface area contributed by atoms with Gasteiger partial charge in [-0.15, -0.1) is 0 Å². The summed E-state index contributed by atoms with van der Waals surface area (Å²) in [6.07, 6.45) is 2.89. The molecule has 2 saturated heterocycles. The molecule has 3 nitrogen and oxygen atoms in total. The Labute approximate surface area is 159 Å². The minimum atomic E-state index is -1.71. The van der Waals surface area contributed by atoms with Crippen LogP contribution in [0.3, 0.4) is 0 Å². The van der Waals surface area contributed by atoms with E-state index in [1.54, 1.807) is 0 Å². The average molecular weight is 386 g/mol. The molecule has 2 heterocycles. The number of hydrogen-bond donors (Lipinski definition) is 0. The largest absolute Gasteiger partial charge is 0.416 e. The van der Waals surface area contributed by atoms with E-state index in [9.17, 15) is 0 Å². The fraction of sp³-hybridized carbons (Fsp3) is 1.00. The van der Waals surface area contributed by atoms with E-state index in [0.29, 0.717) is 18.1 Å². The van der Waals surface area contributed by atoms with Gasteiger partial charge in [0.25, 0.3) is 0 Å². The van der Waals surface area contributed by atoms with Gasteiger partial charge in [-0.1, -0.05) is 41.5 Å². The van der Waals surface area contributed by atoms with E-state index in [2.05, 4.69) is 72.6 Å². The van der Waals surface area contributed by atoms with Crippen LogP contribution >= 0.6 is 0 Å². The lowest BCUT2D eigenvalue weighted by atomic mass is 9.97. The van der Waals surface area contributed by atoms with Crippen LogP contribution in [0.1, 0.15) is 54.4 Å². The Morgan fingerprint density at radius 2 is 1.36 bits per heavy atom. The van der Waals surface area contributed by atoms with E-state index in [1.165, 1.54) is 25.9 Å². The first-order valence-corrected chi connectivity index (χ1v) is 16.0. The van der Waals surface area contributed by atoms with Crippen molar-refractivity contribution in [3.05, 3.63) is 0 Å². The quantitative estimate of drug-likeness (QED) is 0.584. The number of nitrogens with zero attached hydrogens (tertiary/aromatic N) is 1. The summed E-state index contributed by atoms with van der Waals surface area (Å²) < 4.78 is 13.5. The second-order valence-electron chi connectivity index (χ2n) is 11.4. The Kier molecular flexibility index (Phi) is 6.09. The summed E-state index contributed by atoms with van der Waals surface area (Å²) in [4.78, 5) is 2.68. The predicted molar refractivity (Wildman–Crippen MR) is 113 cm³/mol. The summed E-state index contributed by atoms with van der Waals surface area (Å²) in [7, 11) is -3.37. The van der Waals surface area contributed by atoms with E-state index in [0.717, 1.165) is 6.61 Å². The first-order valence-electron chi connectivity index (χ1n) is 10.2. The lowest BCUT2D eigenvalue weighted by Gasteiger charge is -2.41. The van der Waals surface area contributed by atoms with Crippen LogP contribution < -0.4 is 0 Å². The standard InChI is InChI=1S/C20H43NO2Si2/c1-19(2,3)24(7,8)22-15-16-11-13-21-14-12-17(18(16)21)23-25(9,10)20(4,5)6/h16-18H,11-15H2,1-10H3/t16-,17-,18+/m0/s1. The number of hydrogen-bond acceptors (Lipinski definition) is 3. The third kappa shape index (κ3) is 4.60. The highest BCUT2D eigenvalue weighted by Gasteiger charge is 2.49. The van der Waals surface area contributed by atoms with Gasteiger partial charge in [0.05, 0.1) is 6.10 Å². The van der Waals surface area contributed by atoms with Crippen LogP contribution in [-0.4, -0.2) is 53.4 Å². The van der Waals surface area contributed by atoms with Crippen molar-refractivity contribution >= 4 is 16.6 Å². The lowest BCUT2D eigenvalue weighted by molar-refractivity contribution is 0.0985. The molecule has 3 atom stereocenters. The van der Waals surface area contributed by atoms with E-state index >= 15 is 0 Å². The van der Waals surface area contributed by atoms with E-state index in [4.69, 9.17) is 8.85 Å². The molecule has 0 N–H and O–H groups in total. The van der Waals surface area contributed by atoms with Gasteiger partial charge >= 0.3 is 0 Å². The lowest BCUT2D eigenvalue weighted by Crippen LogP contribution is -2.49. The maximum Gasteiger partial charge on any atom is 0.192 e. The maximum absolute atomic E-state index is 6.86. The summed E-state index contributed by atoms with van der Waals surface area (Å²) in [5.74, 6) is 0.645. The molecule has 2 aliphatic heterocycles. The zero-order valence-corrected chi connectivity index (χ0v) is 20.5. The van der Waals surface area contributed by atoms with Gasteiger partial charge in [-0.2, -0.15) is 0 Å². The highest BCUT2D eigenvalue weighted by molar-refractivity contribution is 6.74. The van der Waals surface area contributed by atoms with Gasteiger partial charge in [0, 0.05) is 25.1 Å². The molecular weight excluding hydrogens is 342 g/mol. The third-order valence-electron chi connectivity index (χ3n) is 7.49. The van der Waals surface area contributed by atoms with Crippen LogP contribution in [0.25, 0.3) is 0 Å². The van der Waals surface area contributed by atoms with Gasteiger partial charge in [0.15, 0.2) is 16.6 Å². The summed E-state index contributed by atoms with van der Waals surface area (Å²) in [5.41, 5.74) is 0. The molecule has 2 fully saturated rings. The molecule has 0 aromatic carbocycles. The molecule has 0 bridgehead atoms. The Morgan fingerprint density at radius 1 is 0.840 bits per heavy atom. The predicted octanol–water partition coefficient (Wildman–Crippen LogP) is 5.49. The average Bonchev–Trinajstić information content (AvgIpc) is 2.97. The fourth-order valence-corrected chi connectivity index (χ4v) is 6.04. The molecule has 25 heavy (non-hydrogen) atoms. The zero-order chi connectivity index (χ0) is 19.3. The van der Waals surface area contributed by atoms with Crippen molar-refractivity contribution in [2.75, 3.05) is 19.7 Å². The molecule has 0 radical (unpaired) electrons. The number of rotatable bonds is 5. The normalized spacial score (nSPS) is 29.3. The molecule has 0 aromatic heterocycles. The molecular formula is C20H43NO2Si2. The molecule has 148 valence electrons. The van der Waals surface area contributed by atoms with Crippen molar-refractivity contribution in [3.8, 4) is 0 Å². The van der Waals surface area contributed by atoms with Gasteiger partial charge in [-0.25, -0.2) is 0 Å². The van der Waals surface area contributed by atoms with E-state index in [-0.39, 0.29) is 10.1 Å². The first kappa shape index (κ1) is 21.6. The topological polar surface area (TPSA) is 21.7 Å². The van der Waals surface area contributed by atoms with Crippen molar-refractivity contribution in [2.45, 2.75) is 103 Å². The second-order valence-corrected chi connectivity index (χ2v) is 20.9. The summed E-state index contributed by atoms with van der Waals surface area (Å²) in [6, 6.07) is 0.582. The van der Waals surface area contributed by atoms with Gasteiger partial charge in [-0.3, -0.25) is 4.90 Å². The molecule has 0 saturated carbocycles. The summed E-state index contributed by atoms with van der Waals surface area (Å²) in [5, 5.41) is 0.574. The third-order valence-corrected chi connectivity index (χ3v) is 16.5.